The third-order valence-electron chi connectivity index (χ3n) is 4.35. The molecule has 0 bridgehead atoms. The Morgan fingerprint density at radius 1 is 0.840 bits per heavy atom. The Hall–Kier alpha value is -1.03. The van der Waals surface area contributed by atoms with Crippen molar-refractivity contribution in [2.45, 2.75) is 96.8 Å². The van der Waals surface area contributed by atoms with Gasteiger partial charge >= 0.3 is 12.2 Å². The van der Waals surface area contributed by atoms with Gasteiger partial charge in [-0.15, -0.1) is 0 Å². The van der Waals surface area contributed by atoms with E-state index in [1.165, 1.54) is 0 Å². The lowest BCUT2D eigenvalue weighted by Gasteiger charge is -2.56. The maximum absolute atomic E-state index is 12.4. The molecule has 0 atom stereocenters. The van der Waals surface area contributed by atoms with E-state index >= 15 is 0 Å². The van der Waals surface area contributed by atoms with Gasteiger partial charge in [0.15, 0.2) is 0 Å². The van der Waals surface area contributed by atoms with Gasteiger partial charge in [-0.2, -0.15) is 0 Å². The number of azo groups is 1. The van der Waals surface area contributed by atoms with Crippen molar-refractivity contribution in [2.24, 2.45) is 10.2 Å². The molecule has 0 radical (unpaired) electrons. The molecule has 0 aliphatic rings. The number of hydrogen-bond acceptors (Lipinski definition) is 4. The number of nitrogens with zero attached hydrogens (tertiary/aromatic N) is 2. The molecule has 0 spiro atoms. The Kier molecular flexibility index (Phi) is 8.22. The SMILES string of the molecule is CCC[SiH2]OC(=O)/N=N/C(=O)O[Si](C(C)(C)C)(C(C)(C)C)C(C)(C)C. The van der Waals surface area contributed by atoms with Crippen molar-refractivity contribution in [2.75, 3.05) is 0 Å². The van der Waals surface area contributed by atoms with Crippen LogP contribution in [0.1, 0.15) is 75.7 Å². The van der Waals surface area contributed by atoms with Crippen LogP contribution >= 0.6 is 0 Å². The molecule has 6 nitrogen and oxygen atoms in total. The monoisotopic (exact) mass is 388 g/mol. The summed E-state index contributed by atoms with van der Waals surface area (Å²) in [6.45, 7) is 20.9. The average Bonchev–Trinajstić information content (AvgIpc) is 2.38. The molecule has 0 aromatic heterocycles. The number of amides is 2. The van der Waals surface area contributed by atoms with Crippen molar-refractivity contribution >= 4 is 30.3 Å². The summed E-state index contributed by atoms with van der Waals surface area (Å²) < 4.78 is 11.1. The maximum atomic E-state index is 12.4. The molecule has 0 aromatic rings. The normalized spacial score (nSPS) is 14.3. The molecule has 0 aliphatic carbocycles. The van der Waals surface area contributed by atoms with Gasteiger partial charge in [0.05, 0.1) is 0 Å². The van der Waals surface area contributed by atoms with Gasteiger partial charge < -0.3 is 8.85 Å². The predicted octanol–water partition coefficient (Wildman–Crippen LogP) is 5.97. The van der Waals surface area contributed by atoms with Crippen molar-refractivity contribution in [3.8, 4) is 0 Å². The smallest absolute Gasteiger partial charge is 0.439 e. The maximum Gasteiger partial charge on any atom is 0.439 e. The third-order valence-corrected chi connectivity index (χ3v) is 12.6. The first-order valence-electron chi connectivity index (χ1n) is 8.91. The number of hydrogen-bond donors (Lipinski definition) is 0. The van der Waals surface area contributed by atoms with Crippen LogP contribution in [-0.4, -0.2) is 30.3 Å². The van der Waals surface area contributed by atoms with E-state index in [1.54, 1.807) is 0 Å². The fourth-order valence-electron chi connectivity index (χ4n) is 4.40. The van der Waals surface area contributed by atoms with Gasteiger partial charge in [0.25, 0.3) is 8.32 Å². The van der Waals surface area contributed by atoms with Crippen molar-refractivity contribution in [3.63, 3.8) is 0 Å². The van der Waals surface area contributed by atoms with Crippen LogP contribution in [-0.2, 0) is 8.85 Å². The Balaban J connectivity index is 5.49. The molecule has 0 unspecified atom stereocenters. The van der Waals surface area contributed by atoms with E-state index in [0.717, 1.165) is 12.5 Å². The summed E-state index contributed by atoms with van der Waals surface area (Å²) in [4.78, 5) is 23.9. The molecule has 146 valence electrons. The van der Waals surface area contributed by atoms with Crippen molar-refractivity contribution in [1.29, 1.82) is 0 Å². The van der Waals surface area contributed by atoms with Crippen LogP contribution in [0, 0.1) is 0 Å². The van der Waals surface area contributed by atoms with Gasteiger partial charge in [-0.3, -0.25) is 0 Å². The second kappa shape index (κ2) is 8.57. The second-order valence-corrected chi connectivity index (χ2v) is 16.9. The third kappa shape index (κ3) is 6.02. The highest BCUT2D eigenvalue weighted by molar-refractivity contribution is 6.83. The van der Waals surface area contributed by atoms with Crippen LogP contribution in [0.3, 0.4) is 0 Å². The molecule has 8 heteroatoms. The van der Waals surface area contributed by atoms with Gasteiger partial charge in [-0.05, 0) is 21.2 Å². The summed E-state index contributed by atoms with van der Waals surface area (Å²) in [6, 6.07) is 0.889. The zero-order valence-electron chi connectivity index (χ0n) is 17.6. The fraction of sp³-hybridized carbons (Fsp3) is 0.882. The van der Waals surface area contributed by atoms with E-state index in [-0.39, 0.29) is 15.1 Å². The van der Waals surface area contributed by atoms with Gasteiger partial charge in [0.2, 0.25) is 9.76 Å². The summed E-state index contributed by atoms with van der Waals surface area (Å²) >= 11 is 0. The molecular formula is C17H36N2O4Si2. The zero-order valence-corrected chi connectivity index (χ0v) is 20.1. The zero-order chi connectivity index (χ0) is 20.1. The van der Waals surface area contributed by atoms with Crippen LogP contribution < -0.4 is 0 Å². The van der Waals surface area contributed by atoms with E-state index in [1.807, 2.05) is 6.92 Å². The summed E-state index contributed by atoms with van der Waals surface area (Å²) in [7, 11) is -3.64. The first-order valence-corrected chi connectivity index (χ1v) is 12.4. The highest BCUT2D eigenvalue weighted by Gasteiger charge is 2.64. The standard InChI is InChI=1S/C17H36N2O4Si2/c1-11-12-24-22-13(20)18-19-14(21)23-25(15(2,3)4,16(5,6)7)17(8,9)10/h11-12,24H2,1-10H3/b19-18+. The van der Waals surface area contributed by atoms with E-state index in [4.69, 9.17) is 8.85 Å². The minimum Gasteiger partial charge on any atom is -0.507 e. The molecule has 25 heavy (non-hydrogen) atoms. The molecule has 0 saturated carbocycles. The first-order chi connectivity index (χ1) is 11.1. The van der Waals surface area contributed by atoms with Gasteiger partial charge in [-0.25, -0.2) is 9.59 Å². The lowest BCUT2D eigenvalue weighted by Crippen LogP contribution is -2.61. The Bertz CT molecular complexity index is 464. The lowest BCUT2D eigenvalue weighted by molar-refractivity contribution is 0.190. The van der Waals surface area contributed by atoms with E-state index in [0.29, 0.717) is 0 Å². The summed E-state index contributed by atoms with van der Waals surface area (Å²) in [6.07, 6.45) is -0.637. The molecule has 0 rings (SSSR count). The van der Waals surface area contributed by atoms with E-state index in [9.17, 15) is 9.59 Å². The van der Waals surface area contributed by atoms with Gasteiger partial charge in [-0.1, -0.05) is 85.9 Å². The molecular weight excluding hydrogens is 352 g/mol. The van der Waals surface area contributed by atoms with Crippen molar-refractivity contribution in [1.82, 2.24) is 0 Å². The summed E-state index contributed by atoms with van der Waals surface area (Å²) in [5, 5.41) is 6.19. The quantitative estimate of drug-likeness (QED) is 0.337. The minimum atomic E-state index is -2.71. The van der Waals surface area contributed by atoms with Crippen LogP contribution in [0.2, 0.25) is 21.2 Å². The predicted molar refractivity (Wildman–Crippen MR) is 106 cm³/mol. The minimum absolute atomic E-state index is 0.219. The van der Waals surface area contributed by atoms with Crippen LogP contribution in [0.5, 0.6) is 0 Å². The molecule has 0 fully saturated rings. The second-order valence-electron chi connectivity index (χ2n) is 9.47. The van der Waals surface area contributed by atoms with E-state index < -0.39 is 30.3 Å². The van der Waals surface area contributed by atoms with E-state index in [2.05, 4.69) is 72.5 Å². The number of carbonyl (C=O) groups is 2. The molecule has 0 aromatic carbocycles. The van der Waals surface area contributed by atoms with Gasteiger partial charge in [0, 0.05) is 0 Å². The topological polar surface area (TPSA) is 77.3 Å². The van der Waals surface area contributed by atoms with Crippen LogP contribution in [0.25, 0.3) is 0 Å². The molecule has 0 heterocycles. The van der Waals surface area contributed by atoms with Crippen molar-refractivity contribution in [3.05, 3.63) is 0 Å². The molecule has 0 aliphatic heterocycles. The summed E-state index contributed by atoms with van der Waals surface area (Å²) in [5.41, 5.74) is 0. The largest absolute Gasteiger partial charge is 0.507 e. The molecule has 2 amide bonds. The lowest BCUT2D eigenvalue weighted by atomic mass is 10.2. The van der Waals surface area contributed by atoms with Gasteiger partial charge in [0.1, 0.15) is 0 Å². The Labute approximate surface area is 156 Å². The fourth-order valence-corrected chi connectivity index (χ4v) is 13.0. The first kappa shape index (κ1) is 24.0. The average molecular weight is 389 g/mol. The highest BCUT2D eigenvalue weighted by Crippen LogP contribution is 2.62. The van der Waals surface area contributed by atoms with Crippen molar-refractivity contribution < 1.29 is 18.4 Å². The van der Waals surface area contributed by atoms with Crippen LogP contribution in [0.4, 0.5) is 9.59 Å². The highest BCUT2D eigenvalue weighted by atomic mass is 28.4. The number of rotatable bonds is 4. The Morgan fingerprint density at radius 2 is 1.24 bits per heavy atom. The number of carbonyl (C=O) groups excluding carboxylic acids is 2. The summed E-state index contributed by atoms with van der Waals surface area (Å²) in [5.74, 6) is 0. The Morgan fingerprint density at radius 3 is 1.60 bits per heavy atom. The molecule has 0 saturated heterocycles. The molecule has 0 N–H and O–H groups in total. The van der Waals surface area contributed by atoms with Crippen LogP contribution in [0.15, 0.2) is 10.2 Å².